The Morgan fingerprint density at radius 3 is 2.40 bits per heavy atom. The van der Waals surface area contributed by atoms with Crippen molar-refractivity contribution in [1.29, 1.82) is 0 Å². The van der Waals surface area contributed by atoms with E-state index in [1.54, 1.807) is 19.3 Å². The van der Waals surface area contributed by atoms with Crippen molar-refractivity contribution in [1.82, 2.24) is 26.3 Å². The second kappa shape index (κ2) is 12.8. The second-order valence-corrected chi connectivity index (χ2v) is 10.9. The molecule has 2 aliphatic heterocycles. The van der Waals surface area contributed by atoms with Crippen LogP contribution in [0.2, 0.25) is 0 Å². The highest BCUT2D eigenvalue weighted by atomic mass is 16.5. The first-order valence-corrected chi connectivity index (χ1v) is 13.7. The molecule has 40 heavy (non-hydrogen) atoms. The fraction of sp³-hybridized carbons (Fsp3) is 0.387. The van der Waals surface area contributed by atoms with E-state index < -0.39 is 30.1 Å². The van der Waals surface area contributed by atoms with E-state index in [0.717, 1.165) is 22.0 Å². The van der Waals surface area contributed by atoms with Crippen LogP contribution in [0.25, 0.3) is 17.0 Å². The van der Waals surface area contributed by atoms with E-state index >= 15 is 0 Å². The van der Waals surface area contributed by atoms with Crippen LogP contribution < -0.4 is 26.0 Å². The summed E-state index contributed by atoms with van der Waals surface area (Å²) >= 11 is 0. The van der Waals surface area contributed by atoms with Gasteiger partial charge in [-0.2, -0.15) is 0 Å². The van der Waals surface area contributed by atoms with Crippen LogP contribution in [0, 0.1) is 11.8 Å². The fourth-order valence-electron chi connectivity index (χ4n) is 5.02. The maximum absolute atomic E-state index is 14.0. The Bertz CT molecular complexity index is 1360. The summed E-state index contributed by atoms with van der Waals surface area (Å²) in [6, 6.07) is 12.7. The van der Waals surface area contributed by atoms with Crippen molar-refractivity contribution in [3.8, 4) is 5.75 Å². The molecule has 3 amide bonds. The second-order valence-electron chi connectivity index (χ2n) is 10.9. The molecule has 9 nitrogen and oxygen atoms in total. The van der Waals surface area contributed by atoms with Gasteiger partial charge in [-0.05, 0) is 54.3 Å². The Balaban J connectivity index is 1.73. The van der Waals surface area contributed by atoms with Gasteiger partial charge in [-0.25, -0.2) is 0 Å². The van der Waals surface area contributed by atoms with Crippen LogP contribution in [0.5, 0.6) is 5.75 Å². The predicted molar refractivity (Wildman–Crippen MR) is 156 cm³/mol. The molecular formula is C31H39N5O4. The number of likely N-dealkylation sites (N-methyl/N-ethyl adjacent to an activating group) is 1. The summed E-state index contributed by atoms with van der Waals surface area (Å²) in [7, 11) is 1.71. The summed E-state index contributed by atoms with van der Waals surface area (Å²) in [5.41, 5.74) is 2.71. The molecule has 0 radical (unpaired) electrons. The lowest BCUT2D eigenvalue weighted by Crippen LogP contribution is -2.62. The molecule has 0 saturated carbocycles. The molecule has 212 valence electrons. The lowest BCUT2D eigenvalue weighted by molar-refractivity contribution is -0.135. The number of ether oxygens (including phenoxy) is 1. The van der Waals surface area contributed by atoms with E-state index in [9.17, 15) is 14.4 Å². The van der Waals surface area contributed by atoms with Gasteiger partial charge in [-0.15, -0.1) is 0 Å². The molecular weight excluding hydrogens is 506 g/mol. The molecule has 2 aromatic carbocycles. The zero-order valence-electron chi connectivity index (χ0n) is 23.7. The summed E-state index contributed by atoms with van der Waals surface area (Å²) in [6.07, 6.45) is 4.75. The molecule has 0 spiro atoms. The minimum absolute atomic E-state index is 0.00952. The third kappa shape index (κ3) is 6.71. The number of amides is 3. The molecule has 2 bridgehead atoms. The van der Waals surface area contributed by atoms with Crippen LogP contribution in [-0.2, 0) is 20.8 Å². The van der Waals surface area contributed by atoms with E-state index in [1.807, 2.05) is 82.4 Å². The Kier molecular flexibility index (Phi) is 9.26. The standard InChI is InChI=1S/C31H39N5O4/c1-18(2)26(32-5)30(38)36-27-28(19(3)4)40-22-12-10-20(11-13-22)14-15-33-29(37)25(35-31(27)39)16-21-17-34-24-9-7-6-8-23(21)24/h6-15,17-19,25-28,32,34H,16H2,1-5H3,(H,33,37)(H,35,39)(H,36,38)/b15-14-. The number of rotatable bonds is 7. The van der Waals surface area contributed by atoms with Crippen LogP contribution in [-0.4, -0.2) is 54.0 Å². The third-order valence-electron chi connectivity index (χ3n) is 7.21. The Hall–Kier alpha value is -4.11. The van der Waals surface area contributed by atoms with Crippen LogP contribution in [0.1, 0.15) is 38.8 Å². The van der Waals surface area contributed by atoms with Crippen molar-refractivity contribution in [3.63, 3.8) is 0 Å². The molecule has 3 aromatic rings. The molecule has 0 saturated heterocycles. The molecule has 9 heteroatoms. The van der Waals surface area contributed by atoms with E-state index in [2.05, 4.69) is 26.3 Å². The first-order valence-electron chi connectivity index (χ1n) is 13.7. The number of fused-ring (bicyclic) bond motifs is 11. The highest BCUT2D eigenvalue weighted by Crippen LogP contribution is 2.22. The maximum atomic E-state index is 14.0. The highest BCUT2D eigenvalue weighted by Gasteiger charge is 2.37. The molecule has 1 aromatic heterocycles. The van der Waals surface area contributed by atoms with Gasteiger partial charge in [0.1, 0.15) is 23.9 Å². The molecule has 4 atom stereocenters. The van der Waals surface area contributed by atoms with Crippen molar-refractivity contribution in [2.24, 2.45) is 11.8 Å². The van der Waals surface area contributed by atoms with E-state index in [1.165, 1.54) is 0 Å². The number of para-hydroxylation sites is 1. The van der Waals surface area contributed by atoms with Crippen molar-refractivity contribution in [2.45, 2.75) is 58.3 Å². The number of aromatic amines is 1. The predicted octanol–water partition coefficient (Wildman–Crippen LogP) is 3.13. The number of hydrogen-bond donors (Lipinski definition) is 5. The number of aromatic nitrogens is 1. The number of carbonyl (C=O) groups is 3. The Labute approximate surface area is 235 Å². The van der Waals surface area contributed by atoms with Gasteiger partial charge in [0, 0.05) is 29.7 Å². The smallest absolute Gasteiger partial charge is 0.247 e. The normalized spacial score (nSPS) is 21.4. The van der Waals surface area contributed by atoms with Gasteiger partial charge in [0.25, 0.3) is 0 Å². The molecule has 4 unspecified atom stereocenters. The zero-order valence-corrected chi connectivity index (χ0v) is 23.7. The Morgan fingerprint density at radius 2 is 1.73 bits per heavy atom. The quantitative estimate of drug-likeness (QED) is 0.312. The maximum Gasteiger partial charge on any atom is 0.247 e. The SMILES string of the molecule is CNC(C(=O)NC1C(=O)NC(Cc2c[nH]c3ccccc23)C(=O)N/C=C\c2ccc(cc2)OC1C(C)C)C(C)C. The summed E-state index contributed by atoms with van der Waals surface area (Å²) in [5.74, 6) is -0.757. The summed E-state index contributed by atoms with van der Waals surface area (Å²) in [6.45, 7) is 7.74. The average molecular weight is 546 g/mol. The first-order chi connectivity index (χ1) is 19.2. The molecule has 5 N–H and O–H groups in total. The lowest BCUT2D eigenvalue weighted by Gasteiger charge is -2.33. The topological polar surface area (TPSA) is 124 Å². The highest BCUT2D eigenvalue weighted by molar-refractivity contribution is 5.94. The van der Waals surface area contributed by atoms with Gasteiger partial charge < -0.3 is 31.0 Å². The molecule has 2 aliphatic rings. The van der Waals surface area contributed by atoms with Crippen LogP contribution in [0.15, 0.2) is 60.9 Å². The largest absolute Gasteiger partial charge is 0.487 e. The summed E-state index contributed by atoms with van der Waals surface area (Å²) in [5, 5.41) is 12.7. The van der Waals surface area contributed by atoms with Gasteiger partial charge in [0.05, 0.1) is 6.04 Å². The van der Waals surface area contributed by atoms with E-state index in [-0.39, 0.29) is 30.1 Å². The van der Waals surface area contributed by atoms with Crippen molar-refractivity contribution < 1.29 is 19.1 Å². The zero-order chi connectivity index (χ0) is 28.8. The number of benzene rings is 2. The van der Waals surface area contributed by atoms with E-state index in [0.29, 0.717) is 5.75 Å². The fourth-order valence-corrected chi connectivity index (χ4v) is 5.02. The van der Waals surface area contributed by atoms with Crippen molar-refractivity contribution in [3.05, 3.63) is 72.1 Å². The average Bonchev–Trinajstić information content (AvgIpc) is 3.33. The van der Waals surface area contributed by atoms with Gasteiger partial charge in [-0.1, -0.05) is 58.0 Å². The van der Waals surface area contributed by atoms with Crippen LogP contribution in [0.4, 0.5) is 0 Å². The van der Waals surface area contributed by atoms with Crippen molar-refractivity contribution in [2.75, 3.05) is 7.05 Å². The monoisotopic (exact) mass is 545 g/mol. The number of carbonyl (C=O) groups excluding carboxylic acids is 3. The summed E-state index contributed by atoms with van der Waals surface area (Å²) < 4.78 is 6.33. The molecule has 5 rings (SSSR count). The Morgan fingerprint density at radius 1 is 1.00 bits per heavy atom. The molecule has 3 heterocycles. The van der Waals surface area contributed by atoms with Gasteiger partial charge in [0.2, 0.25) is 17.7 Å². The lowest BCUT2D eigenvalue weighted by atomic mass is 9.96. The minimum atomic E-state index is -1.06. The summed E-state index contributed by atoms with van der Waals surface area (Å²) in [4.78, 5) is 44.0. The van der Waals surface area contributed by atoms with Gasteiger partial charge in [0.15, 0.2) is 0 Å². The van der Waals surface area contributed by atoms with E-state index in [4.69, 9.17) is 4.74 Å². The van der Waals surface area contributed by atoms with Crippen molar-refractivity contribution >= 4 is 34.7 Å². The van der Waals surface area contributed by atoms with Crippen LogP contribution >= 0.6 is 0 Å². The van der Waals surface area contributed by atoms with Gasteiger partial charge >= 0.3 is 0 Å². The van der Waals surface area contributed by atoms with Gasteiger partial charge in [-0.3, -0.25) is 14.4 Å². The number of nitrogens with one attached hydrogen (secondary N) is 5. The minimum Gasteiger partial charge on any atom is -0.487 e. The molecule has 0 aliphatic carbocycles. The molecule has 0 fully saturated rings. The first kappa shape index (κ1) is 28.9. The number of H-pyrrole nitrogens is 1. The van der Waals surface area contributed by atoms with Crippen LogP contribution in [0.3, 0.4) is 0 Å². The number of hydrogen-bond acceptors (Lipinski definition) is 5. The third-order valence-corrected chi connectivity index (χ3v) is 7.21.